The monoisotopic (exact) mass is 530 g/mol. The number of aromatic carboxylic acids is 1. The van der Waals surface area contributed by atoms with Gasteiger partial charge in [-0.1, -0.05) is 23.5 Å². The van der Waals surface area contributed by atoms with Crippen molar-refractivity contribution in [2.45, 2.75) is 31.8 Å². The molecule has 0 atom stereocenters. The number of aromatic nitrogens is 2. The minimum atomic E-state index is -1.24. The minimum Gasteiger partial charge on any atom is -0.477 e. The summed E-state index contributed by atoms with van der Waals surface area (Å²) in [5, 5.41) is 10.7. The van der Waals surface area contributed by atoms with Crippen molar-refractivity contribution < 1.29 is 14.6 Å². The van der Waals surface area contributed by atoms with Crippen LogP contribution in [-0.2, 0) is 4.74 Å². The van der Waals surface area contributed by atoms with E-state index in [4.69, 9.17) is 9.72 Å². The van der Waals surface area contributed by atoms with Crippen molar-refractivity contribution in [3.63, 3.8) is 0 Å². The van der Waals surface area contributed by atoms with Gasteiger partial charge in [0.15, 0.2) is 10.6 Å². The summed E-state index contributed by atoms with van der Waals surface area (Å²) in [6.45, 7) is 3.92. The van der Waals surface area contributed by atoms with Crippen LogP contribution >= 0.6 is 11.3 Å². The van der Waals surface area contributed by atoms with Gasteiger partial charge in [-0.05, 0) is 61.6 Å². The predicted octanol–water partition coefficient (Wildman–Crippen LogP) is 5.03. The van der Waals surface area contributed by atoms with Crippen LogP contribution in [0.25, 0.3) is 27.2 Å². The summed E-state index contributed by atoms with van der Waals surface area (Å²) >= 11 is 1.63. The van der Waals surface area contributed by atoms with E-state index in [1.165, 1.54) is 25.1 Å². The molecule has 8 nitrogen and oxygen atoms in total. The highest BCUT2D eigenvalue weighted by molar-refractivity contribution is 7.22. The number of hydrogen-bond donors (Lipinski definition) is 1. The molecule has 38 heavy (non-hydrogen) atoms. The molecule has 2 aliphatic heterocycles. The summed E-state index contributed by atoms with van der Waals surface area (Å²) in [6.07, 6.45) is 6.10. The van der Waals surface area contributed by atoms with E-state index in [1.807, 2.05) is 30.3 Å². The Balaban J connectivity index is 1.38. The number of benzene rings is 2. The molecule has 0 amide bonds. The summed E-state index contributed by atoms with van der Waals surface area (Å²) < 4.78 is 8.32. The topological polar surface area (TPSA) is 87.9 Å². The largest absolute Gasteiger partial charge is 0.477 e. The van der Waals surface area contributed by atoms with Crippen molar-refractivity contribution in [3.8, 4) is 16.9 Å². The molecule has 6 rings (SSSR count). The number of anilines is 2. The molecular weight excluding hydrogens is 500 g/mol. The van der Waals surface area contributed by atoms with E-state index < -0.39 is 11.4 Å². The van der Waals surface area contributed by atoms with Crippen LogP contribution in [0, 0.1) is 0 Å². The Morgan fingerprint density at radius 1 is 0.974 bits per heavy atom. The molecule has 4 aromatic rings. The van der Waals surface area contributed by atoms with Crippen LogP contribution in [0.1, 0.15) is 36.0 Å². The lowest BCUT2D eigenvalue weighted by atomic mass is 10.1. The summed E-state index contributed by atoms with van der Waals surface area (Å²) in [7, 11) is 1.77. The number of pyridine rings is 1. The Morgan fingerprint density at radius 3 is 2.37 bits per heavy atom. The lowest BCUT2D eigenvalue weighted by Gasteiger charge is -2.30. The van der Waals surface area contributed by atoms with Crippen molar-refractivity contribution in [2.75, 3.05) is 43.1 Å². The molecule has 1 N–H and O–H groups in total. The zero-order valence-corrected chi connectivity index (χ0v) is 22.1. The number of rotatable bonds is 6. The smallest absolute Gasteiger partial charge is 0.341 e. The van der Waals surface area contributed by atoms with Crippen LogP contribution in [0.4, 0.5) is 10.8 Å². The Kier molecular flexibility index (Phi) is 6.63. The second-order valence-electron chi connectivity index (χ2n) is 9.92. The first-order chi connectivity index (χ1) is 18.5. The quantitative estimate of drug-likeness (QED) is 0.374. The fourth-order valence-electron chi connectivity index (χ4n) is 5.42. The number of hydrogen-bond acceptors (Lipinski definition) is 7. The maximum absolute atomic E-state index is 12.7. The number of methoxy groups -OCH3 is 1. The zero-order chi connectivity index (χ0) is 26.2. The molecule has 2 saturated heterocycles. The van der Waals surface area contributed by atoms with E-state index in [-0.39, 0.29) is 5.56 Å². The SMILES string of the molecule is COC1CCN(c2nc3ccc(-n4cc(C(=O)O)c(=O)cc4-c4ccc(N5CCCC5)cc4)cc3s2)CC1. The molecule has 0 radical (unpaired) electrons. The van der Waals surface area contributed by atoms with Crippen molar-refractivity contribution in [2.24, 2.45) is 0 Å². The highest BCUT2D eigenvalue weighted by Gasteiger charge is 2.22. The molecule has 196 valence electrons. The molecular formula is C29H30N4O4S. The fourth-order valence-corrected chi connectivity index (χ4v) is 6.47. The molecule has 0 unspecified atom stereocenters. The Morgan fingerprint density at radius 2 is 1.68 bits per heavy atom. The van der Waals surface area contributed by atoms with Gasteiger partial charge in [0.05, 0.1) is 22.0 Å². The number of carboxylic acids is 1. The first kappa shape index (κ1) is 24.6. The van der Waals surface area contributed by atoms with Crippen molar-refractivity contribution in [3.05, 3.63) is 70.5 Å². The third-order valence-electron chi connectivity index (χ3n) is 7.60. The maximum atomic E-state index is 12.7. The van der Waals surface area contributed by atoms with Gasteiger partial charge in [-0.3, -0.25) is 4.79 Å². The van der Waals surface area contributed by atoms with Gasteiger partial charge < -0.3 is 24.2 Å². The normalized spacial score (nSPS) is 16.4. The summed E-state index contributed by atoms with van der Waals surface area (Å²) in [6, 6.07) is 15.5. The van der Waals surface area contributed by atoms with Crippen molar-refractivity contribution >= 4 is 38.3 Å². The minimum absolute atomic E-state index is 0.256. The van der Waals surface area contributed by atoms with Crippen LogP contribution in [0.2, 0.25) is 0 Å². The average molecular weight is 531 g/mol. The Labute approximate surface area is 224 Å². The van der Waals surface area contributed by atoms with Crippen LogP contribution in [0.5, 0.6) is 0 Å². The van der Waals surface area contributed by atoms with Crippen LogP contribution in [0.3, 0.4) is 0 Å². The fraction of sp³-hybridized carbons (Fsp3) is 0.345. The van der Waals surface area contributed by atoms with Crippen LogP contribution in [-0.4, -0.2) is 60.0 Å². The number of nitrogens with zero attached hydrogens (tertiary/aromatic N) is 4. The average Bonchev–Trinajstić information content (AvgIpc) is 3.63. The van der Waals surface area contributed by atoms with E-state index in [9.17, 15) is 14.7 Å². The number of fused-ring (bicyclic) bond motifs is 1. The van der Waals surface area contributed by atoms with Gasteiger partial charge >= 0.3 is 5.97 Å². The van der Waals surface area contributed by atoms with Gasteiger partial charge in [0.2, 0.25) is 0 Å². The van der Waals surface area contributed by atoms with Crippen molar-refractivity contribution in [1.82, 2.24) is 9.55 Å². The zero-order valence-electron chi connectivity index (χ0n) is 21.3. The molecule has 0 bridgehead atoms. The van der Waals surface area contributed by atoms with Gasteiger partial charge in [-0.25, -0.2) is 9.78 Å². The molecule has 0 aliphatic carbocycles. The third-order valence-corrected chi connectivity index (χ3v) is 8.68. The van der Waals surface area contributed by atoms with Gasteiger partial charge in [0, 0.05) is 56.9 Å². The Hall–Kier alpha value is -3.69. The molecule has 4 heterocycles. The van der Waals surface area contributed by atoms with Gasteiger partial charge in [0.1, 0.15) is 5.56 Å². The standard InChI is InChI=1S/C29H30N4O4S/c1-37-22-10-14-32(15-11-22)29-30-24-9-8-21(16-27(24)38-29)33-18-23(28(35)36)26(34)17-25(33)19-4-6-20(7-5-19)31-12-2-3-13-31/h4-9,16-18,22H,2-3,10-15H2,1H3,(H,35,36). The highest BCUT2D eigenvalue weighted by atomic mass is 32.1. The molecule has 9 heteroatoms. The van der Waals surface area contributed by atoms with Gasteiger partial charge in [0.25, 0.3) is 0 Å². The Bertz CT molecular complexity index is 1530. The molecule has 2 fully saturated rings. The molecule has 2 aromatic heterocycles. The maximum Gasteiger partial charge on any atom is 0.341 e. The van der Waals surface area contributed by atoms with Crippen LogP contribution < -0.4 is 15.2 Å². The van der Waals surface area contributed by atoms with Gasteiger partial charge in [-0.2, -0.15) is 0 Å². The van der Waals surface area contributed by atoms with Crippen LogP contribution in [0.15, 0.2) is 59.5 Å². The lowest BCUT2D eigenvalue weighted by molar-refractivity contribution is 0.0694. The summed E-state index contributed by atoms with van der Waals surface area (Å²) in [4.78, 5) is 34.1. The first-order valence-corrected chi connectivity index (χ1v) is 13.9. The summed E-state index contributed by atoms with van der Waals surface area (Å²) in [5.74, 6) is -1.24. The highest BCUT2D eigenvalue weighted by Crippen LogP contribution is 2.33. The van der Waals surface area contributed by atoms with E-state index >= 15 is 0 Å². The number of thiazole rings is 1. The first-order valence-electron chi connectivity index (χ1n) is 13.0. The summed E-state index contributed by atoms with van der Waals surface area (Å²) in [5.41, 5.74) is 3.59. The number of carbonyl (C=O) groups is 1. The van der Waals surface area contributed by atoms with Gasteiger partial charge in [-0.15, -0.1) is 0 Å². The van der Waals surface area contributed by atoms with E-state index in [0.717, 1.165) is 71.3 Å². The second-order valence-corrected chi connectivity index (χ2v) is 10.9. The van der Waals surface area contributed by atoms with E-state index in [2.05, 4.69) is 21.9 Å². The molecule has 0 saturated carbocycles. The van der Waals surface area contributed by atoms with E-state index in [1.54, 1.807) is 23.0 Å². The van der Waals surface area contributed by atoms with Crippen molar-refractivity contribution in [1.29, 1.82) is 0 Å². The molecule has 0 spiro atoms. The number of ether oxygens (including phenoxy) is 1. The number of piperidine rings is 1. The molecule has 2 aliphatic rings. The second kappa shape index (κ2) is 10.2. The predicted molar refractivity (Wildman–Crippen MR) is 151 cm³/mol. The van der Waals surface area contributed by atoms with E-state index in [0.29, 0.717) is 11.8 Å². The lowest BCUT2D eigenvalue weighted by Crippen LogP contribution is -2.36. The number of carboxylic acid groups (broad SMARTS) is 1. The molecule has 2 aromatic carbocycles. The third kappa shape index (κ3) is 4.68.